The first kappa shape index (κ1) is 11.4. The molecule has 0 saturated heterocycles. The molecule has 0 aliphatic carbocycles. The van der Waals surface area contributed by atoms with Crippen LogP contribution in [-0.4, -0.2) is 9.55 Å². The molecule has 0 aliphatic rings. The van der Waals surface area contributed by atoms with Crippen LogP contribution in [0.5, 0.6) is 0 Å². The number of nitriles is 2. The van der Waals surface area contributed by atoms with E-state index in [9.17, 15) is 0 Å². The van der Waals surface area contributed by atoms with E-state index in [4.69, 9.17) is 10.5 Å². The maximum Gasteiger partial charge on any atom is 0.179 e. The van der Waals surface area contributed by atoms with Crippen LogP contribution < -0.4 is 0 Å². The average Bonchev–Trinajstić information content (AvgIpc) is 2.67. The van der Waals surface area contributed by atoms with Gasteiger partial charge in [-0.3, -0.25) is 0 Å². The molecule has 1 aromatic heterocycles. The molecule has 2 rings (SSSR count). The molecule has 4 nitrogen and oxygen atoms in total. The molecule has 0 amide bonds. The summed E-state index contributed by atoms with van der Waals surface area (Å²) in [6, 6.07) is 13.6. The van der Waals surface area contributed by atoms with Gasteiger partial charge >= 0.3 is 0 Å². The van der Waals surface area contributed by atoms with Gasteiger partial charge in [-0.1, -0.05) is 30.3 Å². The molecule has 0 fully saturated rings. The predicted octanol–water partition coefficient (Wildman–Crippen LogP) is 2.44. The SMILES string of the molecule is N#Cc1nc(Br)n(Cc2ccccc2)c1C#N. The molecule has 1 aromatic carbocycles. The molecule has 0 radical (unpaired) electrons. The number of aromatic nitrogens is 2. The molecule has 0 atom stereocenters. The molecule has 2 aromatic rings. The number of benzene rings is 1. The Bertz CT molecular complexity index is 616. The second kappa shape index (κ2) is 4.82. The van der Waals surface area contributed by atoms with E-state index in [0.717, 1.165) is 5.56 Å². The molecule has 0 aliphatic heterocycles. The van der Waals surface area contributed by atoms with Crippen LogP contribution in [0.3, 0.4) is 0 Å². The van der Waals surface area contributed by atoms with Gasteiger partial charge in [0.05, 0.1) is 6.54 Å². The summed E-state index contributed by atoms with van der Waals surface area (Å²) >= 11 is 3.26. The molecule has 0 saturated carbocycles. The summed E-state index contributed by atoms with van der Waals surface area (Å²) in [5, 5.41) is 17.9. The van der Waals surface area contributed by atoms with Crippen molar-refractivity contribution < 1.29 is 0 Å². The lowest BCUT2D eigenvalue weighted by Crippen LogP contribution is -2.03. The number of imidazole rings is 1. The fraction of sp³-hybridized carbons (Fsp3) is 0.0833. The normalized spacial score (nSPS) is 9.59. The van der Waals surface area contributed by atoms with Crippen LogP contribution in [0.15, 0.2) is 35.1 Å². The Morgan fingerprint density at radius 3 is 2.47 bits per heavy atom. The van der Waals surface area contributed by atoms with E-state index in [1.54, 1.807) is 4.57 Å². The van der Waals surface area contributed by atoms with Crippen molar-refractivity contribution in [2.24, 2.45) is 0 Å². The van der Waals surface area contributed by atoms with E-state index < -0.39 is 0 Å². The Hall–Kier alpha value is -2.11. The monoisotopic (exact) mass is 286 g/mol. The molecule has 1 heterocycles. The van der Waals surface area contributed by atoms with Crippen LogP contribution in [0.25, 0.3) is 0 Å². The van der Waals surface area contributed by atoms with Crippen LogP contribution in [0, 0.1) is 22.7 Å². The Morgan fingerprint density at radius 1 is 1.18 bits per heavy atom. The number of nitrogens with zero attached hydrogens (tertiary/aromatic N) is 4. The first-order valence-electron chi connectivity index (χ1n) is 4.86. The topological polar surface area (TPSA) is 65.4 Å². The summed E-state index contributed by atoms with van der Waals surface area (Å²) in [6.45, 7) is 0.513. The lowest BCUT2D eigenvalue weighted by molar-refractivity contribution is 0.764. The van der Waals surface area contributed by atoms with E-state index in [1.807, 2.05) is 42.5 Å². The molecular formula is C12H7BrN4. The maximum atomic E-state index is 9.04. The van der Waals surface area contributed by atoms with Crippen LogP contribution in [0.2, 0.25) is 0 Å². The summed E-state index contributed by atoms with van der Waals surface area (Å²) in [4.78, 5) is 3.99. The van der Waals surface area contributed by atoms with Gasteiger partial charge in [0.1, 0.15) is 12.1 Å². The second-order valence-corrected chi connectivity index (χ2v) is 4.08. The van der Waals surface area contributed by atoms with Crippen LogP contribution in [0.1, 0.15) is 17.0 Å². The molecule has 82 valence electrons. The van der Waals surface area contributed by atoms with Gasteiger partial charge in [-0.15, -0.1) is 0 Å². The summed E-state index contributed by atoms with van der Waals surface area (Å²) in [5.74, 6) is 0. The van der Waals surface area contributed by atoms with Crippen molar-refractivity contribution in [1.82, 2.24) is 9.55 Å². The predicted molar refractivity (Wildman–Crippen MR) is 64.9 cm³/mol. The third kappa shape index (κ3) is 2.20. The molecule has 0 bridgehead atoms. The average molecular weight is 287 g/mol. The molecule has 0 spiro atoms. The lowest BCUT2D eigenvalue weighted by Gasteiger charge is -2.05. The van der Waals surface area contributed by atoms with Crippen LogP contribution in [-0.2, 0) is 6.54 Å². The summed E-state index contributed by atoms with van der Waals surface area (Å²) in [7, 11) is 0. The third-order valence-corrected chi connectivity index (χ3v) is 2.92. The molecule has 5 heteroatoms. The van der Waals surface area contributed by atoms with Crippen molar-refractivity contribution >= 4 is 15.9 Å². The fourth-order valence-corrected chi connectivity index (χ4v) is 2.01. The number of halogens is 1. The Labute approximate surface area is 107 Å². The van der Waals surface area contributed by atoms with Gasteiger partial charge in [0.15, 0.2) is 16.1 Å². The zero-order valence-electron chi connectivity index (χ0n) is 8.76. The van der Waals surface area contributed by atoms with Gasteiger partial charge < -0.3 is 4.57 Å². The minimum atomic E-state index is 0.148. The second-order valence-electron chi connectivity index (χ2n) is 3.37. The Balaban J connectivity index is 2.44. The maximum absolute atomic E-state index is 9.04. The number of hydrogen-bond acceptors (Lipinski definition) is 3. The molecule has 0 unspecified atom stereocenters. The van der Waals surface area contributed by atoms with E-state index in [-0.39, 0.29) is 11.4 Å². The highest BCUT2D eigenvalue weighted by molar-refractivity contribution is 9.10. The fourth-order valence-electron chi connectivity index (χ4n) is 1.53. The van der Waals surface area contributed by atoms with Crippen molar-refractivity contribution in [2.45, 2.75) is 6.54 Å². The standard InChI is InChI=1S/C12H7BrN4/c13-12-16-10(6-14)11(7-15)17(12)8-9-4-2-1-3-5-9/h1-5H,8H2. The number of hydrogen-bond donors (Lipinski definition) is 0. The van der Waals surface area contributed by atoms with Crippen molar-refractivity contribution in [3.05, 3.63) is 52.0 Å². The largest absolute Gasteiger partial charge is 0.305 e. The van der Waals surface area contributed by atoms with Gasteiger partial charge in [0, 0.05) is 0 Å². The highest BCUT2D eigenvalue weighted by Gasteiger charge is 2.14. The van der Waals surface area contributed by atoms with E-state index >= 15 is 0 Å². The lowest BCUT2D eigenvalue weighted by atomic mass is 10.2. The van der Waals surface area contributed by atoms with Gasteiger partial charge in [-0.25, -0.2) is 4.98 Å². The minimum absolute atomic E-state index is 0.148. The van der Waals surface area contributed by atoms with E-state index in [1.165, 1.54) is 0 Å². The molecule has 17 heavy (non-hydrogen) atoms. The first-order chi connectivity index (χ1) is 8.26. The van der Waals surface area contributed by atoms with E-state index in [2.05, 4.69) is 20.9 Å². The van der Waals surface area contributed by atoms with Gasteiger partial charge in [0.2, 0.25) is 0 Å². The van der Waals surface area contributed by atoms with Crippen molar-refractivity contribution in [2.75, 3.05) is 0 Å². The van der Waals surface area contributed by atoms with Crippen LogP contribution in [0.4, 0.5) is 0 Å². The number of rotatable bonds is 2. The van der Waals surface area contributed by atoms with E-state index in [0.29, 0.717) is 11.3 Å². The Kier molecular flexibility index (Phi) is 3.22. The zero-order valence-corrected chi connectivity index (χ0v) is 10.3. The summed E-state index contributed by atoms with van der Waals surface area (Å²) < 4.78 is 2.17. The summed E-state index contributed by atoms with van der Waals surface area (Å²) in [6.07, 6.45) is 0. The summed E-state index contributed by atoms with van der Waals surface area (Å²) in [5.41, 5.74) is 1.48. The van der Waals surface area contributed by atoms with Gasteiger partial charge in [-0.2, -0.15) is 10.5 Å². The molecular weight excluding hydrogens is 280 g/mol. The third-order valence-electron chi connectivity index (χ3n) is 2.32. The molecule has 0 N–H and O–H groups in total. The van der Waals surface area contributed by atoms with Crippen LogP contribution >= 0.6 is 15.9 Å². The first-order valence-corrected chi connectivity index (χ1v) is 5.65. The smallest absolute Gasteiger partial charge is 0.179 e. The van der Waals surface area contributed by atoms with Crippen molar-refractivity contribution in [3.63, 3.8) is 0 Å². The van der Waals surface area contributed by atoms with Crippen molar-refractivity contribution in [1.29, 1.82) is 10.5 Å². The van der Waals surface area contributed by atoms with Gasteiger partial charge in [-0.05, 0) is 21.5 Å². The zero-order chi connectivity index (χ0) is 12.3. The van der Waals surface area contributed by atoms with Crippen molar-refractivity contribution in [3.8, 4) is 12.1 Å². The quantitative estimate of drug-likeness (QED) is 0.852. The highest BCUT2D eigenvalue weighted by atomic mass is 79.9. The highest BCUT2D eigenvalue weighted by Crippen LogP contribution is 2.17. The van der Waals surface area contributed by atoms with Gasteiger partial charge in [0.25, 0.3) is 0 Å². The Morgan fingerprint density at radius 2 is 1.88 bits per heavy atom. The minimum Gasteiger partial charge on any atom is -0.305 e.